The molecule has 1 aromatic rings. The maximum atomic E-state index is 14.5. The van der Waals surface area contributed by atoms with Gasteiger partial charge in [0, 0.05) is 13.1 Å². The van der Waals surface area contributed by atoms with Crippen LogP contribution in [0.4, 0.5) is 0 Å². The highest BCUT2D eigenvalue weighted by molar-refractivity contribution is 7.89. The zero-order valence-electron chi connectivity index (χ0n) is 29.5. The van der Waals surface area contributed by atoms with Gasteiger partial charge in [0.15, 0.2) is 0 Å². The summed E-state index contributed by atoms with van der Waals surface area (Å²) in [6.07, 6.45) is 10.2. The fourth-order valence-electron chi connectivity index (χ4n) is 6.86. The lowest BCUT2D eigenvalue weighted by atomic mass is 9.70. The molecule has 2 saturated carbocycles. The van der Waals surface area contributed by atoms with Crippen molar-refractivity contribution < 1.29 is 32.4 Å². The molecule has 3 aliphatic rings. The molecule has 1 saturated heterocycles. The number of likely N-dealkylation sites (tertiary alicyclic amines) is 1. The number of sulfonamides is 1. The van der Waals surface area contributed by atoms with Crippen LogP contribution in [0, 0.1) is 22.7 Å². The molecule has 3 fully saturated rings. The minimum absolute atomic E-state index is 0.0992. The molecular formula is C34H52N8O7S. The van der Waals surface area contributed by atoms with Gasteiger partial charge in [0.1, 0.15) is 24.5 Å². The van der Waals surface area contributed by atoms with Gasteiger partial charge in [-0.15, -0.1) is 13.2 Å². The monoisotopic (exact) mass is 716 g/mol. The molecule has 2 heterocycles. The van der Waals surface area contributed by atoms with Crippen molar-refractivity contribution in [2.24, 2.45) is 22.7 Å². The van der Waals surface area contributed by atoms with E-state index in [0.29, 0.717) is 19.3 Å². The van der Waals surface area contributed by atoms with Crippen molar-refractivity contribution in [3.05, 3.63) is 31.6 Å². The Hall–Kier alpha value is -3.92. The van der Waals surface area contributed by atoms with Gasteiger partial charge >= 0.3 is 0 Å². The van der Waals surface area contributed by atoms with Crippen LogP contribution < -0.4 is 20.7 Å². The standard InChI is InChI=1S/C34H52N8O7S/c1-7-16-35-29(45)25(43)23(17-22-12-13-22)38-28(44)24-18-21(8-2)19-42(24)31(47)27(33(3,4)5)39-30(46)26(34(6)14-10-9-11-15-34)41-50(48,49)32-36-20-37-40-32/h7-8,20-24,26-27,41H,1-2,9-19H2,3-6H3,(H,35,45)(H,38,44)(H,39,46)(H,36,37,40)/t21-,23?,24+,26-,27-/m1/s1. The maximum absolute atomic E-state index is 14.5. The Morgan fingerprint density at radius 1 is 1.10 bits per heavy atom. The highest BCUT2D eigenvalue weighted by atomic mass is 32.2. The smallest absolute Gasteiger partial charge is 0.289 e. The van der Waals surface area contributed by atoms with E-state index in [1.807, 2.05) is 6.92 Å². The lowest BCUT2D eigenvalue weighted by Crippen LogP contribution is -2.63. The number of aromatic nitrogens is 3. The normalized spacial score (nSPS) is 22.4. The van der Waals surface area contributed by atoms with Gasteiger partial charge in [0.05, 0.1) is 6.04 Å². The summed E-state index contributed by atoms with van der Waals surface area (Å²) < 4.78 is 29.1. The minimum atomic E-state index is -4.28. The van der Waals surface area contributed by atoms with E-state index in [-0.39, 0.29) is 31.3 Å². The highest BCUT2D eigenvalue weighted by Crippen LogP contribution is 2.40. The number of rotatable bonds is 16. The Morgan fingerprint density at radius 2 is 1.78 bits per heavy atom. The van der Waals surface area contributed by atoms with Crippen LogP contribution in [0.3, 0.4) is 0 Å². The van der Waals surface area contributed by atoms with Gasteiger partial charge in [-0.25, -0.2) is 18.5 Å². The van der Waals surface area contributed by atoms with Crippen LogP contribution in [0.25, 0.3) is 0 Å². The Bertz CT molecular complexity index is 1540. The predicted octanol–water partition coefficient (Wildman–Crippen LogP) is 1.51. The minimum Gasteiger partial charge on any atom is -0.346 e. The summed E-state index contributed by atoms with van der Waals surface area (Å²) in [5, 5.41) is 13.6. The molecule has 4 amide bonds. The molecule has 1 aliphatic heterocycles. The Morgan fingerprint density at radius 3 is 2.34 bits per heavy atom. The molecule has 5 atom stereocenters. The molecule has 0 bridgehead atoms. The summed E-state index contributed by atoms with van der Waals surface area (Å²) in [7, 11) is -4.28. The van der Waals surface area contributed by atoms with Crippen LogP contribution in [-0.4, -0.2) is 95.2 Å². The number of carbonyl (C=O) groups excluding carboxylic acids is 5. The predicted molar refractivity (Wildman–Crippen MR) is 184 cm³/mol. The first-order valence-corrected chi connectivity index (χ1v) is 18.8. The average Bonchev–Trinajstić information content (AvgIpc) is 3.50. The topological polar surface area (TPSA) is 212 Å². The van der Waals surface area contributed by atoms with Gasteiger partial charge in [-0.2, -0.15) is 9.82 Å². The van der Waals surface area contributed by atoms with Crippen molar-refractivity contribution in [2.45, 2.75) is 115 Å². The Labute approximate surface area is 294 Å². The number of ketones is 1. The molecule has 4 rings (SSSR count). The van der Waals surface area contributed by atoms with Crippen LogP contribution in [0.1, 0.15) is 85.5 Å². The second-order valence-corrected chi connectivity index (χ2v) is 16.8. The number of H-pyrrole nitrogens is 1. The third kappa shape index (κ3) is 9.44. The first kappa shape index (κ1) is 38.9. The number of aromatic amines is 1. The molecule has 50 heavy (non-hydrogen) atoms. The third-order valence-electron chi connectivity index (χ3n) is 10.1. The molecule has 5 N–H and O–H groups in total. The number of amides is 4. The Balaban J connectivity index is 1.59. The summed E-state index contributed by atoms with van der Waals surface area (Å²) in [5.41, 5.74) is -1.62. The number of hydrogen-bond donors (Lipinski definition) is 5. The van der Waals surface area contributed by atoms with Crippen molar-refractivity contribution in [2.75, 3.05) is 13.1 Å². The maximum Gasteiger partial charge on any atom is 0.289 e. The van der Waals surface area contributed by atoms with Crippen molar-refractivity contribution in [3.63, 3.8) is 0 Å². The summed E-state index contributed by atoms with van der Waals surface area (Å²) in [6.45, 7) is 14.8. The van der Waals surface area contributed by atoms with E-state index in [9.17, 15) is 32.4 Å². The molecule has 0 aromatic carbocycles. The largest absolute Gasteiger partial charge is 0.346 e. The zero-order chi connectivity index (χ0) is 36.9. The number of nitrogens with one attached hydrogen (secondary N) is 5. The second-order valence-electron chi connectivity index (χ2n) is 15.2. The van der Waals surface area contributed by atoms with E-state index in [4.69, 9.17) is 0 Å². The quantitative estimate of drug-likeness (QED) is 0.124. The SMILES string of the molecule is C=CCNC(=O)C(=O)C(CC1CC1)NC(=O)[C@@H]1C[C@@H](C=C)CN1C(=O)[C@@H](NC(=O)[C@@H](NS(=O)(=O)c1ncn[nH]1)C1(C)CCCCC1)C(C)(C)C. The molecule has 1 unspecified atom stereocenters. The average molecular weight is 717 g/mol. The van der Waals surface area contributed by atoms with Crippen LogP contribution >= 0.6 is 0 Å². The second kappa shape index (κ2) is 16.0. The van der Waals surface area contributed by atoms with Gasteiger partial charge in [0.25, 0.3) is 21.1 Å². The number of carbonyl (C=O) groups is 5. The van der Waals surface area contributed by atoms with Gasteiger partial charge in [-0.1, -0.05) is 72.0 Å². The molecule has 15 nitrogen and oxygen atoms in total. The summed E-state index contributed by atoms with van der Waals surface area (Å²) in [5.74, 6) is -3.42. The van der Waals surface area contributed by atoms with Crippen molar-refractivity contribution in [1.82, 2.24) is 40.8 Å². The molecule has 2 aliphatic carbocycles. The molecule has 0 spiro atoms. The first-order valence-electron chi connectivity index (χ1n) is 17.3. The number of nitrogens with zero attached hydrogens (tertiary/aromatic N) is 3. The van der Waals surface area contributed by atoms with Gasteiger partial charge in [-0.05, 0) is 48.3 Å². The molecule has 276 valence electrons. The van der Waals surface area contributed by atoms with Crippen molar-refractivity contribution in [3.8, 4) is 0 Å². The Kier molecular flexibility index (Phi) is 12.4. The fourth-order valence-corrected chi connectivity index (χ4v) is 8.04. The fraction of sp³-hybridized carbons (Fsp3) is 0.676. The molecule has 0 radical (unpaired) electrons. The molecule has 1 aromatic heterocycles. The van der Waals surface area contributed by atoms with E-state index in [1.165, 1.54) is 11.0 Å². The van der Waals surface area contributed by atoms with Crippen LogP contribution in [0.15, 0.2) is 36.8 Å². The highest BCUT2D eigenvalue weighted by Gasteiger charge is 2.48. The van der Waals surface area contributed by atoms with E-state index in [0.717, 1.165) is 38.4 Å². The lowest BCUT2D eigenvalue weighted by Gasteiger charge is -2.42. The summed E-state index contributed by atoms with van der Waals surface area (Å²) >= 11 is 0. The van der Waals surface area contributed by atoms with Crippen LogP contribution in [0.5, 0.6) is 0 Å². The summed E-state index contributed by atoms with van der Waals surface area (Å²) in [4.78, 5) is 73.4. The van der Waals surface area contributed by atoms with Crippen LogP contribution in [-0.2, 0) is 34.0 Å². The van der Waals surface area contributed by atoms with Gasteiger partial charge in [0.2, 0.25) is 23.5 Å². The first-order chi connectivity index (χ1) is 23.5. The van der Waals surface area contributed by atoms with E-state index < -0.39 is 79.6 Å². The number of hydrogen-bond acceptors (Lipinski definition) is 9. The van der Waals surface area contributed by atoms with E-state index >= 15 is 0 Å². The van der Waals surface area contributed by atoms with Gasteiger partial charge in [-0.3, -0.25) is 24.0 Å². The number of Topliss-reactive ketones (excluding diaryl/α,β-unsaturated/α-hetero) is 1. The summed E-state index contributed by atoms with van der Waals surface area (Å²) in [6, 6.07) is -4.47. The zero-order valence-corrected chi connectivity index (χ0v) is 30.3. The van der Waals surface area contributed by atoms with Crippen molar-refractivity contribution in [1.29, 1.82) is 0 Å². The van der Waals surface area contributed by atoms with Crippen LogP contribution in [0.2, 0.25) is 0 Å². The van der Waals surface area contributed by atoms with Crippen molar-refractivity contribution >= 4 is 39.4 Å². The molecule has 16 heteroatoms. The molecular weight excluding hydrogens is 664 g/mol. The lowest BCUT2D eigenvalue weighted by molar-refractivity contribution is -0.145. The van der Waals surface area contributed by atoms with Gasteiger partial charge < -0.3 is 20.9 Å². The van der Waals surface area contributed by atoms with E-state index in [2.05, 4.69) is 49.0 Å². The van der Waals surface area contributed by atoms with E-state index in [1.54, 1.807) is 26.8 Å². The third-order valence-corrected chi connectivity index (χ3v) is 11.3.